The molecule has 0 amide bonds. The lowest BCUT2D eigenvalue weighted by atomic mass is 10.1. The summed E-state index contributed by atoms with van der Waals surface area (Å²) < 4.78 is 0.775. The van der Waals surface area contributed by atoms with E-state index in [1.54, 1.807) is 11.3 Å². The van der Waals surface area contributed by atoms with Crippen LogP contribution in [0.4, 0.5) is 5.82 Å². The molecule has 0 saturated heterocycles. The number of anilines is 1. The van der Waals surface area contributed by atoms with Crippen molar-refractivity contribution < 1.29 is 0 Å². The third-order valence-corrected chi connectivity index (χ3v) is 4.58. The van der Waals surface area contributed by atoms with Crippen molar-refractivity contribution in [3.63, 3.8) is 0 Å². The maximum atomic E-state index is 5.97. The number of nitrogens with two attached hydrogens (primary N) is 1. The van der Waals surface area contributed by atoms with Gasteiger partial charge in [0.05, 0.1) is 15.9 Å². The number of hydrogen-bond donors (Lipinski definition) is 2. The Hall–Kier alpha value is -1.17. The van der Waals surface area contributed by atoms with Crippen molar-refractivity contribution in [2.75, 3.05) is 5.32 Å². The Kier molecular flexibility index (Phi) is 4.62. The minimum absolute atomic E-state index is 0.0919. The van der Waals surface area contributed by atoms with Gasteiger partial charge in [0.2, 0.25) is 0 Å². The number of thiocarbonyl (C=S) groups is 1. The van der Waals surface area contributed by atoms with Crippen LogP contribution in [0.3, 0.4) is 0 Å². The van der Waals surface area contributed by atoms with Gasteiger partial charge in [0, 0.05) is 10.6 Å². The molecule has 2 aromatic heterocycles. The molecule has 2 rings (SSSR count). The van der Waals surface area contributed by atoms with E-state index in [9.17, 15) is 0 Å². The number of nitrogens with zero attached hydrogens (tertiary/aromatic N) is 1. The Morgan fingerprint density at radius 3 is 2.70 bits per heavy atom. The Morgan fingerprint density at radius 1 is 1.45 bits per heavy atom. The second-order valence-corrected chi connectivity index (χ2v) is 6.86. The van der Waals surface area contributed by atoms with Crippen LogP contribution in [-0.2, 0) is 0 Å². The molecule has 0 aliphatic heterocycles. The van der Waals surface area contributed by atoms with E-state index in [0.717, 1.165) is 31.9 Å². The fourth-order valence-corrected chi connectivity index (χ4v) is 3.41. The lowest BCUT2D eigenvalue weighted by Crippen LogP contribution is -2.18. The number of hydrogen-bond acceptors (Lipinski definition) is 4. The number of rotatable bonds is 4. The monoisotopic (exact) mass is 325 g/mol. The Morgan fingerprint density at radius 2 is 2.15 bits per heavy atom. The highest BCUT2D eigenvalue weighted by Gasteiger charge is 2.15. The average molecular weight is 326 g/mol. The van der Waals surface area contributed by atoms with Crippen LogP contribution in [0.1, 0.15) is 34.7 Å². The SMILES string of the molecule is Cc1cc(C)c(C(N)=S)c(NC(C)c2ccc(Cl)s2)n1. The maximum Gasteiger partial charge on any atom is 0.137 e. The largest absolute Gasteiger partial charge is 0.389 e. The quantitative estimate of drug-likeness (QED) is 0.826. The molecule has 0 spiro atoms. The van der Waals surface area contributed by atoms with E-state index in [1.165, 1.54) is 0 Å². The molecule has 0 aliphatic carbocycles. The predicted octanol–water partition coefficient (Wildman–Crippen LogP) is 4.22. The third-order valence-electron chi connectivity index (χ3n) is 2.97. The molecule has 0 aliphatic rings. The Bertz CT molecular complexity index is 652. The number of aromatic nitrogens is 1. The summed E-state index contributed by atoms with van der Waals surface area (Å²) >= 11 is 12.7. The summed E-state index contributed by atoms with van der Waals surface area (Å²) in [5, 5.41) is 3.38. The van der Waals surface area contributed by atoms with Crippen molar-refractivity contribution in [1.29, 1.82) is 0 Å². The molecule has 0 aromatic carbocycles. The second kappa shape index (κ2) is 6.08. The van der Waals surface area contributed by atoms with Gasteiger partial charge in [-0.2, -0.15) is 0 Å². The number of thiophene rings is 1. The van der Waals surface area contributed by atoms with Crippen LogP contribution in [0.2, 0.25) is 4.34 Å². The highest BCUT2D eigenvalue weighted by molar-refractivity contribution is 7.80. The average Bonchev–Trinajstić information content (AvgIpc) is 2.74. The number of nitrogens with one attached hydrogen (secondary N) is 1. The summed E-state index contributed by atoms with van der Waals surface area (Å²) in [6.45, 7) is 6.00. The van der Waals surface area contributed by atoms with Gasteiger partial charge in [0.15, 0.2) is 0 Å². The van der Waals surface area contributed by atoms with Crippen LogP contribution in [0.15, 0.2) is 18.2 Å². The molecule has 2 heterocycles. The molecule has 2 aromatic rings. The molecule has 3 nitrogen and oxygen atoms in total. The first-order chi connectivity index (χ1) is 9.38. The second-order valence-electron chi connectivity index (χ2n) is 4.68. The lowest BCUT2D eigenvalue weighted by molar-refractivity contribution is 0.891. The zero-order valence-corrected chi connectivity index (χ0v) is 13.9. The molecule has 20 heavy (non-hydrogen) atoms. The highest BCUT2D eigenvalue weighted by atomic mass is 35.5. The van der Waals surface area contributed by atoms with Gasteiger partial charge in [-0.1, -0.05) is 23.8 Å². The number of aryl methyl sites for hydroxylation is 2. The fraction of sp³-hybridized carbons (Fsp3) is 0.286. The zero-order valence-electron chi connectivity index (χ0n) is 11.5. The van der Waals surface area contributed by atoms with Crippen LogP contribution in [0.5, 0.6) is 0 Å². The fourth-order valence-electron chi connectivity index (χ4n) is 2.09. The molecule has 3 N–H and O–H groups in total. The van der Waals surface area contributed by atoms with E-state index in [-0.39, 0.29) is 6.04 Å². The van der Waals surface area contributed by atoms with Gasteiger partial charge in [0.1, 0.15) is 10.8 Å². The molecular weight excluding hydrogens is 310 g/mol. The van der Waals surface area contributed by atoms with Gasteiger partial charge in [-0.25, -0.2) is 4.98 Å². The van der Waals surface area contributed by atoms with Crippen molar-refractivity contribution >= 4 is 46.0 Å². The predicted molar refractivity (Wildman–Crippen MR) is 91.0 cm³/mol. The van der Waals surface area contributed by atoms with Crippen molar-refractivity contribution in [1.82, 2.24) is 4.98 Å². The third kappa shape index (κ3) is 3.29. The van der Waals surface area contributed by atoms with E-state index in [1.807, 2.05) is 32.0 Å². The summed E-state index contributed by atoms with van der Waals surface area (Å²) in [7, 11) is 0. The Labute approximate surface area is 133 Å². The molecule has 1 unspecified atom stereocenters. The first-order valence-corrected chi connectivity index (χ1v) is 7.78. The molecule has 0 saturated carbocycles. The topological polar surface area (TPSA) is 50.9 Å². The van der Waals surface area contributed by atoms with Crippen LogP contribution in [-0.4, -0.2) is 9.97 Å². The van der Waals surface area contributed by atoms with Crippen molar-refractivity contribution in [2.45, 2.75) is 26.8 Å². The van der Waals surface area contributed by atoms with Gasteiger partial charge in [-0.3, -0.25) is 0 Å². The molecule has 0 bridgehead atoms. The highest BCUT2D eigenvalue weighted by Crippen LogP contribution is 2.30. The summed E-state index contributed by atoms with van der Waals surface area (Å²) in [5.41, 5.74) is 8.59. The lowest BCUT2D eigenvalue weighted by Gasteiger charge is -2.18. The standard InChI is InChI=1S/C14H16ClN3S2/c1-7-6-8(2)17-14(12(7)13(16)19)18-9(3)10-4-5-11(15)20-10/h4-6,9H,1-3H3,(H2,16,19)(H,17,18). The summed E-state index contributed by atoms with van der Waals surface area (Å²) in [6, 6.07) is 5.97. The van der Waals surface area contributed by atoms with Gasteiger partial charge in [-0.15, -0.1) is 11.3 Å². The summed E-state index contributed by atoms with van der Waals surface area (Å²) in [6.07, 6.45) is 0. The number of halogens is 1. The number of pyridine rings is 1. The molecular formula is C14H16ClN3S2. The molecule has 0 radical (unpaired) electrons. The molecule has 106 valence electrons. The van der Waals surface area contributed by atoms with Gasteiger partial charge in [-0.05, 0) is 44.5 Å². The van der Waals surface area contributed by atoms with Crippen LogP contribution in [0, 0.1) is 13.8 Å². The van der Waals surface area contributed by atoms with Crippen molar-refractivity contribution in [3.05, 3.63) is 44.2 Å². The van der Waals surface area contributed by atoms with Gasteiger partial charge < -0.3 is 11.1 Å². The first kappa shape index (κ1) is 15.2. The van der Waals surface area contributed by atoms with E-state index in [2.05, 4.69) is 17.2 Å². The maximum absolute atomic E-state index is 5.97. The van der Waals surface area contributed by atoms with E-state index in [4.69, 9.17) is 29.6 Å². The Balaban J connectivity index is 2.35. The molecule has 1 atom stereocenters. The van der Waals surface area contributed by atoms with Gasteiger partial charge in [0.25, 0.3) is 0 Å². The molecule has 6 heteroatoms. The van der Waals surface area contributed by atoms with Gasteiger partial charge >= 0.3 is 0 Å². The van der Waals surface area contributed by atoms with Crippen LogP contribution in [0.25, 0.3) is 0 Å². The van der Waals surface area contributed by atoms with Crippen LogP contribution >= 0.6 is 35.2 Å². The van der Waals surface area contributed by atoms with E-state index in [0.29, 0.717) is 4.99 Å². The zero-order chi connectivity index (χ0) is 14.9. The van der Waals surface area contributed by atoms with Crippen molar-refractivity contribution in [2.24, 2.45) is 5.73 Å². The van der Waals surface area contributed by atoms with Crippen molar-refractivity contribution in [3.8, 4) is 0 Å². The minimum Gasteiger partial charge on any atom is -0.389 e. The van der Waals surface area contributed by atoms with E-state index < -0.39 is 0 Å². The van der Waals surface area contributed by atoms with Crippen LogP contribution < -0.4 is 11.1 Å². The first-order valence-electron chi connectivity index (χ1n) is 6.18. The molecule has 0 fully saturated rings. The van der Waals surface area contributed by atoms with E-state index >= 15 is 0 Å². The summed E-state index contributed by atoms with van der Waals surface area (Å²) in [4.78, 5) is 6.02. The normalized spacial score (nSPS) is 12.2. The summed E-state index contributed by atoms with van der Waals surface area (Å²) in [5.74, 6) is 0.729. The smallest absolute Gasteiger partial charge is 0.137 e. The minimum atomic E-state index is 0.0919.